The number of hydrogen-bond donors (Lipinski definition) is 0. The van der Waals surface area contributed by atoms with Gasteiger partial charge in [0.25, 0.3) is 0 Å². The molecule has 0 heterocycles. The molecule has 24 valence electrons. The van der Waals surface area contributed by atoms with E-state index in [0.717, 1.165) is 0 Å². The van der Waals surface area contributed by atoms with Gasteiger partial charge in [0.2, 0.25) is 0 Å². The SMILES string of the molecule is [MgH2].[MgH2].[MgH2].[MgH2].[MgH2].[MgH2]. The van der Waals surface area contributed by atoms with E-state index in [2.05, 4.69) is 0 Å². The Balaban J connectivity index is 0. The predicted octanol–water partition coefficient (Wildman–Crippen LogP) is -5.50. The molecule has 0 aromatic heterocycles. The van der Waals surface area contributed by atoms with Crippen molar-refractivity contribution in [2.75, 3.05) is 0 Å². The molecule has 0 bridgehead atoms. The van der Waals surface area contributed by atoms with E-state index in [1.54, 1.807) is 0 Å². The van der Waals surface area contributed by atoms with Crippen LogP contribution < -0.4 is 0 Å². The molecule has 0 saturated carbocycles. The van der Waals surface area contributed by atoms with Crippen LogP contribution in [0.4, 0.5) is 0 Å². The minimum Gasteiger partial charge on any atom is 0.316 e. The molecular formula is H12Mg6. The minimum atomic E-state index is 0. The summed E-state index contributed by atoms with van der Waals surface area (Å²) in [5, 5.41) is 0. The summed E-state index contributed by atoms with van der Waals surface area (Å²) in [6, 6.07) is 0. The molecule has 0 rings (SSSR count). The molecule has 0 aromatic rings. The van der Waals surface area contributed by atoms with E-state index in [-0.39, 0.29) is 138 Å². The molecular weight excluding hydrogens is 146 g/mol. The van der Waals surface area contributed by atoms with Crippen LogP contribution in [-0.4, -0.2) is 138 Å². The first-order chi connectivity index (χ1) is 0. The minimum absolute atomic E-state index is 0. The Morgan fingerprint density at radius 2 is 0.167 bits per heavy atom. The first-order valence-corrected chi connectivity index (χ1v) is 0. The third-order valence-electron chi connectivity index (χ3n) is 0. The van der Waals surface area contributed by atoms with Gasteiger partial charge in [-0.15, -0.1) is 0 Å². The lowest BCUT2D eigenvalue weighted by atomic mass is 24.3. The molecule has 6 heteroatoms. The van der Waals surface area contributed by atoms with Crippen LogP contribution in [-0.2, 0) is 0 Å². The fraction of sp³-hybridized carbons (Fsp3) is 0. The second-order valence-electron chi connectivity index (χ2n) is 0. The average Bonchev–Trinajstić information content (AvgIpc) is 0. The van der Waals surface area contributed by atoms with Crippen molar-refractivity contribution < 1.29 is 0 Å². The fourth-order valence-corrected chi connectivity index (χ4v) is 0. The lowest BCUT2D eigenvalue weighted by Gasteiger charge is 0.315. The van der Waals surface area contributed by atoms with Crippen LogP contribution in [0.3, 0.4) is 0 Å². The van der Waals surface area contributed by atoms with Crippen molar-refractivity contribution in [3.63, 3.8) is 0 Å². The fourth-order valence-electron chi connectivity index (χ4n) is 0. The third kappa shape index (κ3) is 23.5. The Kier molecular flexibility index (Phi) is 258. The van der Waals surface area contributed by atoms with Gasteiger partial charge in [0.05, 0.1) is 0 Å². The summed E-state index contributed by atoms with van der Waals surface area (Å²) in [5.74, 6) is 0. The first-order valence-electron chi connectivity index (χ1n) is 0. The van der Waals surface area contributed by atoms with Gasteiger partial charge < -0.3 is 0 Å². The molecule has 0 aromatic carbocycles. The topological polar surface area (TPSA) is 0 Å². The van der Waals surface area contributed by atoms with E-state index in [9.17, 15) is 0 Å². The maximum Gasteiger partial charge on any atom is 0.316 e. The molecule has 6 heavy (non-hydrogen) atoms. The summed E-state index contributed by atoms with van der Waals surface area (Å²) < 4.78 is 0. The summed E-state index contributed by atoms with van der Waals surface area (Å²) >= 11 is 0. The van der Waals surface area contributed by atoms with Gasteiger partial charge in [0.15, 0.2) is 0 Å². The quantitative estimate of drug-likeness (QED) is 0.308. The highest BCUT2D eigenvalue weighted by Gasteiger charge is 0.321. The molecule has 0 saturated heterocycles. The Bertz CT molecular complexity index is 0. The molecule has 0 aliphatic rings. The van der Waals surface area contributed by atoms with Crippen molar-refractivity contribution in [3.05, 3.63) is 0 Å². The maximum absolute atomic E-state index is 0. The highest BCUT2D eigenvalue weighted by molar-refractivity contribution is 5.76. The van der Waals surface area contributed by atoms with Gasteiger partial charge in [-0.05, 0) is 0 Å². The predicted molar refractivity (Wildman–Crippen MR) is 51.3 cm³/mol. The summed E-state index contributed by atoms with van der Waals surface area (Å²) in [6.07, 6.45) is 0. The van der Waals surface area contributed by atoms with E-state index in [1.807, 2.05) is 0 Å². The van der Waals surface area contributed by atoms with Crippen molar-refractivity contribution in [1.29, 1.82) is 0 Å². The normalized spacial score (nSPS) is 0. The third-order valence-corrected chi connectivity index (χ3v) is 0. The molecule has 0 amide bonds. The summed E-state index contributed by atoms with van der Waals surface area (Å²) in [4.78, 5) is 0. The average molecular weight is 158 g/mol. The smallest absolute Gasteiger partial charge is 0.316 e. The van der Waals surface area contributed by atoms with Crippen molar-refractivity contribution in [3.8, 4) is 0 Å². The van der Waals surface area contributed by atoms with Gasteiger partial charge in [-0.3, -0.25) is 0 Å². The first kappa shape index (κ1) is 46.2. The Morgan fingerprint density at radius 3 is 0.167 bits per heavy atom. The molecule has 0 radical (unpaired) electrons. The zero-order valence-corrected chi connectivity index (χ0v) is 0. The van der Waals surface area contributed by atoms with E-state index in [4.69, 9.17) is 0 Å². The molecule has 0 aliphatic heterocycles. The number of rotatable bonds is 0. The van der Waals surface area contributed by atoms with Crippen molar-refractivity contribution in [2.24, 2.45) is 0 Å². The maximum atomic E-state index is 0. The zero-order chi connectivity index (χ0) is 0. The van der Waals surface area contributed by atoms with Gasteiger partial charge in [-0.1, -0.05) is 0 Å². The van der Waals surface area contributed by atoms with E-state index in [1.165, 1.54) is 0 Å². The molecule has 0 fully saturated rings. The summed E-state index contributed by atoms with van der Waals surface area (Å²) in [6.45, 7) is 0. The molecule has 0 atom stereocenters. The number of hydrogen-bond acceptors (Lipinski definition) is 0. The van der Waals surface area contributed by atoms with Gasteiger partial charge in [0, 0.05) is 0 Å². The Morgan fingerprint density at radius 1 is 0.167 bits per heavy atom. The largest absolute Gasteiger partial charge is 0.316 e. The molecule has 0 unspecified atom stereocenters. The highest BCUT2D eigenvalue weighted by atomic mass is 24.3. The lowest BCUT2D eigenvalue weighted by molar-refractivity contribution is 5.75. The van der Waals surface area contributed by atoms with Crippen molar-refractivity contribution in [2.45, 2.75) is 0 Å². The second kappa shape index (κ2) is 33.6. The van der Waals surface area contributed by atoms with E-state index < -0.39 is 0 Å². The summed E-state index contributed by atoms with van der Waals surface area (Å²) in [5.41, 5.74) is 0. The second-order valence-corrected chi connectivity index (χ2v) is 0. The molecule has 0 aliphatic carbocycles. The van der Waals surface area contributed by atoms with Crippen LogP contribution in [0.1, 0.15) is 0 Å². The van der Waals surface area contributed by atoms with Gasteiger partial charge in [-0.2, -0.15) is 0 Å². The standard InChI is InChI=1S/6Mg.12H. The lowest BCUT2D eigenvalue weighted by Crippen LogP contribution is -0.382. The summed E-state index contributed by atoms with van der Waals surface area (Å²) in [7, 11) is 0. The Hall–Kier alpha value is 4.60. The van der Waals surface area contributed by atoms with E-state index in [0.29, 0.717) is 0 Å². The molecule has 0 nitrogen and oxygen atoms in total. The Labute approximate surface area is 135 Å². The highest BCUT2D eigenvalue weighted by Crippen LogP contribution is -0.376. The van der Waals surface area contributed by atoms with Crippen LogP contribution in [0.2, 0.25) is 0 Å². The molecule has 0 spiro atoms. The van der Waals surface area contributed by atoms with Crippen LogP contribution >= 0.6 is 0 Å². The van der Waals surface area contributed by atoms with Crippen LogP contribution in [0.25, 0.3) is 0 Å². The van der Waals surface area contributed by atoms with Gasteiger partial charge in [-0.25, -0.2) is 0 Å². The van der Waals surface area contributed by atoms with Crippen molar-refractivity contribution >= 4 is 138 Å². The van der Waals surface area contributed by atoms with Crippen molar-refractivity contribution in [1.82, 2.24) is 0 Å². The molecule has 0 N–H and O–H groups in total. The van der Waals surface area contributed by atoms with Gasteiger partial charge >= 0.3 is 138 Å². The zero-order valence-electron chi connectivity index (χ0n) is 0. The van der Waals surface area contributed by atoms with Gasteiger partial charge in [0.1, 0.15) is 0 Å². The van der Waals surface area contributed by atoms with Crippen LogP contribution in [0.5, 0.6) is 0 Å². The monoisotopic (exact) mass is 156 g/mol. The van der Waals surface area contributed by atoms with Crippen LogP contribution in [0, 0.1) is 0 Å². The van der Waals surface area contributed by atoms with Crippen LogP contribution in [0.15, 0.2) is 0 Å². The van der Waals surface area contributed by atoms with E-state index >= 15 is 0 Å².